The van der Waals surface area contributed by atoms with Crippen LogP contribution in [0.2, 0.25) is 0 Å². The first-order chi connectivity index (χ1) is 14.5. The molecule has 0 aliphatic heterocycles. The van der Waals surface area contributed by atoms with Crippen molar-refractivity contribution < 1.29 is 23.8 Å². The Hall–Kier alpha value is -3.48. The maximum Gasteiger partial charge on any atom is 0.257 e. The second kappa shape index (κ2) is 12.2. The van der Waals surface area contributed by atoms with Crippen LogP contribution in [0.3, 0.4) is 0 Å². The van der Waals surface area contributed by atoms with Gasteiger partial charge in [0.2, 0.25) is 5.91 Å². The summed E-state index contributed by atoms with van der Waals surface area (Å²) in [5, 5.41) is 5.43. The Kier molecular flexibility index (Phi) is 9.24. The van der Waals surface area contributed by atoms with E-state index in [0.29, 0.717) is 36.1 Å². The molecule has 0 aliphatic rings. The molecule has 0 radical (unpaired) electrons. The van der Waals surface area contributed by atoms with Crippen molar-refractivity contribution in [1.29, 1.82) is 0 Å². The first-order valence-electron chi connectivity index (χ1n) is 9.85. The van der Waals surface area contributed by atoms with Gasteiger partial charge in [-0.2, -0.15) is 0 Å². The molecule has 0 spiro atoms. The van der Waals surface area contributed by atoms with E-state index in [4.69, 9.17) is 14.2 Å². The highest BCUT2D eigenvalue weighted by atomic mass is 16.5. The fourth-order valence-electron chi connectivity index (χ4n) is 2.51. The van der Waals surface area contributed by atoms with Gasteiger partial charge in [-0.05, 0) is 61.4 Å². The standard InChI is InChI=1S/C23H28N2O5/c1-4-14-29-20-12-6-17(15-21(20)28-3)7-13-22(26)25-18-8-10-19(11-9-18)30-16-23(27)24-5-2/h6-13,15H,4-5,14,16H2,1-3H3,(H,24,27)(H,25,26)/b13-7+. The van der Waals surface area contributed by atoms with Crippen molar-refractivity contribution in [1.82, 2.24) is 5.32 Å². The molecule has 2 amide bonds. The lowest BCUT2D eigenvalue weighted by atomic mass is 10.2. The second-order valence-electron chi connectivity index (χ2n) is 6.35. The van der Waals surface area contributed by atoms with Gasteiger partial charge in [0.05, 0.1) is 13.7 Å². The van der Waals surface area contributed by atoms with Crippen LogP contribution < -0.4 is 24.8 Å². The average Bonchev–Trinajstić information content (AvgIpc) is 2.76. The molecule has 0 fully saturated rings. The average molecular weight is 412 g/mol. The number of hydrogen-bond donors (Lipinski definition) is 2. The topological polar surface area (TPSA) is 85.9 Å². The van der Waals surface area contributed by atoms with Crippen LogP contribution in [-0.4, -0.2) is 38.7 Å². The van der Waals surface area contributed by atoms with Crippen molar-refractivity contribution >= 4 is 23.6 Å². The van der Waals surface area contributed by atoms with E-state index in [-0.39, 0.29) is 18.4 Å². The molecule has 2 aromatic rings. The summed E-state index contributed by atoms with van der Waals surface area (Å²) in [7, 11) is 1.58. The molecule has 2 aromatic carbocycles. The molecule has 0 aliphatic carbocycles. The number of hydrogen-bond acceptors (Lipinski definition) is 5. The summed E-state index contributed by atoms with van der Waals surface area (Å²) in [5.74, 6) is 1.40. The molecule has 0 heterocycles. The summed E-state index contributed by atoms with van der Waals surface area (Å²) >= 11 is 0. The maximum absolute atomic E-state index is 12.2. The molecular weight excluding hydrogens is 384 g/mol. The van der Waals surface area contributed by atoms with Gasteiger partial charge in [-0.1, -0.05) is 13.0 Å². The van der Waals surface area contributed by atoms with Crippen LogP contribution in [0.5, 0.6) is 17.2 Å². The van der Waals surface area contributed by atoms with Gasteiger partial charge in [0.1, 0.15) is 5.75 Å². The van der Waals surface area contributed by atoms with Crippen LogP contribution in [0.1, 0.15) is 25.8 Å². The third-order valence-corrected chi connectivity index (χ3v) is 3.94. The number of amides is 2. The van der Waals surface area contributed by atoms with Gasteiger partial charge >= 0.3 is 0 Å². The molecule has 7 nitrogen and oxygen atoms in total. The Morgan fingerprint density at radius 3 is 2.43 bits per heavy atom. The first-order valence-corrected chi connectivity index (χ1v) is 9.85. The van der Waals surface area contributed by atoms with Crippen molar-refractivity contribution in [2.24, 2.45) is 0 Å². The lowest BCUT2D eigenvalue weighted by molar-refractivity contribution is -0.123. The molecule has 0 unspecified atom stereocenters. The zero-order valence-corrected chi connectivity index (χ0v) is 17.6. The third kappa shape index (κ3) is 7.50. The van der Waals surface area contributed by atoms with Crippen LogP contribution in [0.4, 0.5) is 5.69 Å². The van der Waals surface area contributed by atoms with Crippen molar-refractivity contribution in [3.8, 4) is 17.2 Å². The minimum atomic E-state index is -0.267. The summed E-state index contributed by atoms with van der Waals surface area (Å²) in [4.78, 5) is 23.6. The van der Waals surface area contributed by atoms with Gasteiger partial charge in [0.25, 0.3) is 5.91 Å². The number of ether oxygens (including phenoxy) is 3. The molecule has 2 N–H and O–H groups in total. The van der Waals surface area contributed by atoms with E-state index < -0.39 is 0 Å². The fourth-order valence-corrected chi connectivity index (χ4v) is 2.51. The Morgan fingerprint density at radius 1 is 1.00 bits per heavy atom. The minimum Gasteiger partial charge on any atom is -0.493 e. The van der Waals surface area contributed by atoms with E-state index in [1.807, 2.05) is 32.0 Å². The normalized spacial score (nSPS) is 10.5. The van der Waals surface area contributed by atoms with Gasteiger partial charge in [0.15, 0.2) is 18.1 Å². The van der Waals surface area contributed by atoms with Crippen LogP contribution in [0.15, 0.2) is 48.5 Å². The van der Waals surface area contributed by atoms with Crippen molar-refractivity contribution in [3.63, 3.8) is 0 Å². The van der Waals surface area contributed by atoms with Crippen LogP contribution in [0, 0.1) is 0 Å². The van der Waals surface area contributed by atoms with Crippen molar-refractivity contribution in [3.05, 3.63) is 54.1 Å². The third-order valence-electron chi connectivity index (χ3n) is 3.94. The number of anilines is 1. The second-order valence-corrected chi connectivity index (χ2v) is 6.35. The minimum absolute atomic E-state index is 0.0476. The van der Waals surface area contributed by atoms with E-state index >= 15 is 0 Å². The Balaban J connectivity index is 1.90. The molecular formula is C23H28N2O5. The quantitative estimate of drug-likeness (QED) is 0.550. The largest absolute Gasteiger partial charge is 0.493 e. The SMILES string of the molecule is CCCOc1ccc(/C=C/C(=O)Nc2ccc(OCC(=O)NCC)cc2)cc1OC. The first kappa shape index (κ1) is 22.8. The van der Waals surface area contributed by atoms with E-state index in [1.54, 1.807) is 37.5 Å². The predicted octanol–water partition coefficient (Wildman–Crippen LogP) is 3.65. The summed E-state index contributed by atoms with van der Waals surface area (Å²) in [6, 6.07) is 12.3. The number of carbonyl (C=O) groups is 2. The highest BCUT2D eigenvalue weighted by Gasteiger charge is 2.05. The van der Waals surface area contributed by atoms with Gasteiger partial charge in [0, 0.05) is 18.3 Å². The Labute approximate surface area is 177 Å². The van der Waals surface area contributed by atoms with E-state index in [0.717, 1.165) is 12.0 Å². The molecule has 0 atom stereocenters. The molecule has 0 aromatic heterocycles. The van der Waals surface area contributed by atoms with Gasteiger partial charge in [-0.25, -0.2) is 0 Å². The number of rotatable bonds is 11. The number of nitrogens with one attached hydrogen (secondary N) is 2. The highest BCUT2D eigenvalue weighted by Crippen LogP contribution is 2.28. The van der Waals surface area contributed by atoms with E-state index in [2.05, 4.69) is 10.6 Å². The summed E-state index contributed by atoms with van der Waals surface area (Å²) in [6.07, 6.45) is 4.05. The molecule has 0 saturated carbocycles. The van der Waals surface area contributed by atoms with Crippen molar-refractivity contribution in [2.45, 2.75) is 20.3 Å². The Morgan fingerprint density at radius 2 is 1.77 bits per heavy atom. The van der Waals surface area contributed by atoms with E-state index in [9.17, 15) is 9.59 Å². The Bertz CT molecular complexity index is 862. The zero-order valence-electron chi connectivity index (χ0n) is 17.6. The highest BCUT2D eigenvalue weighted by molar-refractivity contribution is 6.02. The zero-order chi connectivity index (χ0) is 21.8. The fraction of sp³-hybridized carbons (Fsp3) is 0.304. The van der Waals surface area contributed by atoms with Gasteiger partial charge < -0.3 is 24.8 Å². The summed E-state index contributed by atoms with van der Waals surface area (Å²) in [5.41, 5.74) is 1.44. The molecule has 7 heteroatoms. The predicted molar refractivity (Wildman–Crippen MR) is 117 cm³/mol. The molecule has 160 valence electrons. The van der Waals surface area contributed by atoms with E-state index in [1.165, 1.54) is 6.08 Å². The molecule has 0 saturated heterocycles. The van der Waals surface area contributed by atoms with Crippen LogP contribution in [0.25, 0.3) is 6.08 Å². The maximum atomic E-state index is 12.2. The molecule has 2 rings (SSSR count). The number of carbonyl (C=O) groups excluding carboxylic acids is 2. The van der Waals surface area contributed by atoms with Crippen LogP contribution >= 0.6 is 0 Å². The van der Waals surface area contributed by atoms with Gasteiger partial charge in [-0.15, -0.1) is 0 Å². The molecule has 0 bridgehead atoms. The van der Waals surface area contributed by atoms with Crippen molar-refractivity contribution in [2.75, 3.05) is 32.2 Å². The number of methoxy groups -OCH3 is 1. The summed E-state index contributed by atoms with van der Waals surface area (Å²) in [6.45, 7) is 5.01. The number of benzene rings is 2. The van der Waals surface area contributed by atoms with Gasteiger partial charge in [-0.3, -0.25) is 9.59 Å². The monoisotopic (exact) mass is 412 g/mol. The smallest absolute Gasteiger partial charge is 0.257 e. The lowest BCUT2D eigenvalue weighted by Gasteiger charge is -2.10. The number of likely N-dealkylation sites (N-methyl/N-ethyl adjacent to an activating group) is 1. The summed E-state index contributed by atoms with van der Waals surface area (Å²) < 4.78 is 16.4. The molecule has 30 heavy (non-hydrogen) atoms. The van der Waals surface area contributed by atoms with Crippen LogP contribution in [-0.2, 0) is 9.59 Å². The lowest BCUT2D eigenvalue weighted by Crippen LogP contribution is -2.28.